The lowest BCUT2D eigenvalue weighted by Gasteiger charge is -2.43. The fraction of sp³-hybridized carbons (Fsp3) is 0.438. The fourth-order valence-electron chi connectivity index (χ4n) is 2.85. The summed E-state index contributed by atoms with van der Waals surface area (Å²) in [6, 6.07) is 7.25. The van der Waals surface area contributed by atoms with Gasteiger partial charge in [-0.3, -0.25) is 4.84 Å². The molecule has 1 saturated heterocycles. The van der Waals surface area contributed by atoms with Crippen LogP contribution in [0.3, 0.4) is 0 Å². The Morgan fingerprint density at radius 3 is 2.67 bits per heavy atom. The number of amides is 1. The van der Waals surface area contributed by atoms with Crippen molar-refractivity contribution in [3.05, 3.63) is 36.4 Å². The highest BCUT2D eigenvalue weighted by atomic mass is 35.5. The number of halogens is 1. The van der Waals surface area contributed by atoms with Crippen LogP contribution in [0.4, 0.5) is 11.4 Å². The van der Waals surface area contributed by atoms with Gasteiger partial charge in [0.15, 0.2) is 11.7 Å². The van der Waals surface area contributed by atoms with Crippen molar-refractivity contribution in [2.45, 2.75) is 18.3 Å². The molecule has 1 amide bonds. The third-order valence-corrected chi connectivity index (χ3v) is 4.98. The maximum absolute atomic E-state index is 12.9. The predicted molar refractivity (Wildman–Crippen MR) is 100 cm³/mol. The van der Waals surface area contributed by atoms with Gasteiger partial charge >= 0.3 is 5.91 Å². The van der Waals surface area contributed by atoms with Crippen LogP contribution in [0.1, 0.15) is 6.92 Å². The molecule has 1 aliphatic rings. The average molecular weight is 373 g/mol. The summed E-state index contributed by atoms with van der Waals surface area (Å²) in [5, 5.41) is -0.387. The van der Waals surface area contributed by atoms with Crippen LogP contribution < -0.4 is 15.1 Å². The summed E-state index contributed by atoms with van der Waals surface area (Å²) in [6.45, 7) is 2.16. The zero-order chi connectivity index (χ0) is 17.7. The average Bonchev–Trinajstić information content (AvgIpc) is 2.57. The van der Waals surface area contributed by atoms with E-state index in [0.29, 0.717) is 5.69 Å². The van der Waals surface area contributed by atoms with Crippen LogP contribution in [0.5, 0.6) is 0 Å². The topological polar surface area (TPSA) is 58.6 Å². The van der Waals surface area contributed by atoms with Gasteiger partial charge in [0, 0.05) is 31.9 Å². The number of hydrogen-bond donors (Lipinski definition) is 1. The zero-order valence-electron chi connectivity index (χ0n) is 14.1. The lowest BCUT2D eigenvalue weighted by molar-refractivity contribution is -0.163. The summed E-state index contributed by atoms with van der Waals surface area (Å²) in [5.41, 5.74) is 4.58. The number of benzene rings is 1. The van der Waals surface area contributed by atoms with Gasteiger partial charge in [0.05, 0.1) is 15.1 Å². The zero-order valence-corrected chi connectivity index (χ0v) is 16.0. The summed E-state index contributed by atoms with van der Waals surface area (Å²) in [6.07, 6.45) is 3.74. The van der Waals surface area contributed by atoms with Gasteiger partial charge in [0.1, 0.15) is 11.5 Å². The quantitative estimate of drug-likeness (QED) is 0.372. The van der Waals surface area contributed by atoms with E-state index in [9.17, 15) is 9.36 Å². The molecule has 1 N–H and O–H groups in total. The lowest BCUT2D eigenvalue weighted by atomic mass is 10.1. The molecule has 1 aromatic carbocycles. The normalized spacial score (nSPS) is 27.8. The third-order valence-electron chi connectivity index (χ3n) is 4.08. The standard InChI is InChI=1S/C16H24ClN3O3P/c1-4-5-15-14(17)10-23-18-20(15,16(21)11-24-22)13-8-6-12(7-9-13)19(2)3/h4-9,14-15,18H,10-11,24H2,1-3H3/q+1. The van der Waals surface area contributed by atoms with Crippen molar-refractivity contribution in [2.75, 3.05) is 31.8 Å². The Morgan fingerprint density at radius 1 is 1.46 bits per heavy atom. The largest absolute Gasteiger partial charge is 0.378 e. The van der Waals surface area contributed by atoms with Gasteiger partial charge in [-0.1, -0.05) is 6.08 Å². The van der Waals surface area contributed by atoms with E-state index >= 15 is 0 Å². The van der Waals surface area contributed by atoms with Crippen molar-refractivity contribution in [3.8, 4) is 0 Å². The van der Waals surface area contributed by atoms with E-state index in [1.165, 1.54) is 0 Å². The van der Waals surface area contributed by atoms with Crippen LogP contribution in [-0.2, 0) is 14.2 Å². The number of carbonyl (C=O) groups is 1. The minimum Gasteiger partial charge on any atom is -0.378 e. The first-order chi connectivity index (χ1) is 11.5. The number of hydrogen-bond acceptors (Lipinski definition) is 5. The molecule has 0 spiro atoms. The monoisotopic (exact) mass is 372 g/mol. The summed E-state index contributed by atoms with van der Waals surface area (Å²) in [7, 11) is 2.70. The summed E-state index contributed by atoms with van der Waals surface area (Å²) < 4.78 is 10.9. The second-order valence-electron chi connectivity index (χ2n) is 5.83. The van der Waals surface area contributed by atoms with Crippen LogP contribution in [0.25, 0.3) is 0 Å². The van der Waals surface area contributed by atoms with Gasteiger partial charge in [-0.05, 0) is 30.7 Å². The van der Waals surface area contributed by atoms with Crippen molar-refractivity contribution < 1.29 is 14.2 Å². The van der Waals surface area contributed by atoms with Crippen molar-refractivity contribution >= 4 is 37.3 Å². The maximum Gasteiger partial charge on any atom is 0.347 e. The second-order valence-corrected chi connectivity index (χ2v) is 7.13. The molecule has 1 fully saturated rings. The highest BCUT2D eigenvalue weighted by molar-refractivity contribution is 7.25. The molecular weight excluding hydrogens is 349 g/mol. The number of allylic oxidation sites excluding steroid dienone is 1. The molecule has 0 aromatic heterocycles. The number of rotatable bonds is 5. The first-order valence-electron chi connectivity index (χ1n) is 7.77. The molecule has 1 heterocycles. The minimum atomic E-state index is -1.20. The van der Waals surface area contributed by atoms with Crippen molar-refractivity contribution in [1.82, 2.24) is 10.2 Å². The van der Waals surface area contributed by atoms with Crippen molar-refractivity contribution in [2.24, 2.45) is 0 Å². The van der Waals surface area contributed by atoms with Gasteiger partial charge < -0.3 is 9.46 Å². The third kappa shape index (κ3) is 3.58. The minimum absolute atomic E-state index is 0.0244. The molecule has 4 unspecified atom stereocenters. The van der Waals surface area contributed by atoms with Crippen LogP contribution >= 0.6 is 20.1 Å². The Bertz CT molecular complexity index is 623. The molecule has 1 aromatic rings. The number of nitrogens with one attached hydrogen (secondary N) is 1. The van der Waals surface area contributed by atoms with Crippen molar-refractivity contribution in [1.29, 1.82) is 0 Å². The lowest BCUT2D eigenvalue weighted by Crippen LogP contribution is -2.74. The molecule has 0 radical (unpaired) electrons. The van der Waals surface area contributed by atoms with Gasteiger partial charge in [-0.2, -0.15) is 0 Å². The molecule has 24 heavy (non-hydrogen) atoms. The SMILES string of the molecule is CC=CC1C(Cl)CON[N+]1(C(=O)C[PH2]=O)c1ccc(N(C)C)cc1. The molecule has 6 nitrogen and oxygen atoms in total. The molecule has 0 bridgehead atoms. The van der Waals surface area contributed by atoms with E-state index in [-0.39, 0.29) is 34.7 Å². The Hall–Kier alpha value is -1.17. The smallest absolute Gasteiger partial charge is 0.347 e. The molecule has 132 valence electrons. The molecule has 2 rings (SSSR count). The van der Waals surface area contributed by atoms with E-state index in [2.05, 4.69) is 5.59 Å². The van der Waals surface area contributed by atoms with Crippen LogP contribution in [0, 0.1) is 0 Å². The number of anilines is 1. The first kappa shape index (κ1) is 19.2. The number of quaternary nitrogens is 1. The van der Waals surface area contributed by atoms with Crippen LogP contribution in [0.15, 0.2) is 36.4 Å². The first-order valence-corrected chi connectivity index (χ1v) is 9.49. The fourth-order valence-corrected chi connectivity index (χ4v) is 3.60. The van der Waals surface area contributed by atoms with E-state index in [1.54, 1.807) is 0 Å². The molecule has 4 atom stereocenters. The maximum atomic E-state index is 12.9. The molecule has 0 saturated carbocycles. The summed E-state index contributed by atoms with van der Waals surface area (Å²) >= 11 is 6.46. The highest BCUT2D eigenvalue weighted by Gasteiger charge is 2.52. The van der Waals surface area contributed by atoms with Crippen molar-refractivity contribution in [3.63, 3.8) is 0 Å². The summed E-state index contributed by atoms with van der Waals surface area (Å²) in [4.78, 5) is 20.3. The number of nitrogens with zero attached hydrogens (tertiary/aromatic N) is 2. The van der Waals surface area contributed by atoms with E-state index < -0.39 is 8.46 Å². The number of carbonyl (C=O) groups excluding carboxylic acids is 1. The molecule has 8 heteroatoms. The van der Waals surface area contributed by atoms with Crippen LogP contribution in [-0.4, -0.2) is 44.2 Å². The predicted octanol–water partition coefficient (Wildman–Crippen LogP) is 2.34. The van der Waals surface area contributed by atoms with Crippen LogP contribution in [0.2, 0.25) is 0 Å². The Balaban J connectivity index is 2.57. The van der Waals surface area contributed by atoms with Gasteiger partial charge in [0.2, 0.25) is 0 Å². The van der Waals surface area contributed by atoms with Gasteiger partial charge in [-0.25, -0.2) is 4.79 Å². The molecule has 1 aliphatic heterocycles. The van der Waals surface area contributed by atoms with Gasteiger partial charge in [-0.15, -0.1) is 16.2 Å². The Morgan fingerprint density at radius 2 is 2.12 bits per heavy atom. The van der Waals surface area contributed by atoms with E-state index in [4.69, 9.17) is 16.4 Å². The molecular formula is C16H24ClN3O3P+. The Kier molecular flexibility index (Phi) is 6.61. The highest BCUT2D eigenvalue weighted by Crippen LogP contribution is 2.33. The summed E-state index contributed by atoms with van der Waals surface area (Å²) in [5.74, 6) is -0.231. The Labute approximate surface area is 148 Å². The van der Waals surface area contributed by atoms with Gasteiger partial charge in [0.25, 0.3) is 0 Å². The second kappa shape index (κ2) is 8.28. The van der Waals surface area contributed by atoms with E-state index in [1.807, 2.05) is 62.3 Å². The number of alkyl halides is 1. The molecule has 0 aliphatic carbocycles. The van der Waals surface area contributed by atoms with E-state index in [0.717, 1.165) is 5.69 Å².